The van der Waals surface area contributed by atoms with Crippen molar-refractivity contribution in [3.63, 3.8) is 0 Å². The molecule has 0 aliphatic carbocycles. The smallest absolute Gasteiger partial charge is 0.387 e. The molecule has 8 N–H and O–H groups in total. The number of aliphatic hydroxyl groups excluding tert-OH is 1. The van der Waals surface area contributed by atoms with E-state index in [1.165, 1.54) is 10.9 Å². The van der Waals surface area contributed by atoms with E-state index < -0.39 is 60.2 Å². The lowest BCUT2D eigenvalue weighted by molar-refractivity contribution is -0.0568. The summed E-state index contributed by atoms with van der Waals surface area (Å²) in [5.41, 5.74) is 3.61. The molecular weight excluding hydrogens is 518 g/mol. The van der Waals surface area contributed by atoms with E-state index in [2.05, 4.69) is 28.4 Å². The molecule has 7 atom stereocenters. The van der Waals surface area contributed by atoms with Crippen molar-refractivity contribution in [3.05, 3.63) is 12.0 Å². The second-order valence-electron chi connectivity index (χ2n) is 7.21. The van der Waals surface area contributed by atoms with Gasteiger partial charge in [0.25, 0.3) is 0 Å². The van der Waals surface area contributed by atoms with Crippen LogP contribution in [0.2, 0.25) is 0 Å². The van der Waals surface area contributed by atoms with Gasteiger partial charge in [-0.2, -0.15) is 8.62 Å². The number of halogens is 1. The molecule has 17 nitrogen and oxygen atoms in total. The summed E-state index contributed by atoms with van der Waals surface area (Å²) in [5.74, 6) is 0.268. The number of imidazole rings is 1. The lowest BCUT2D eigenvalue weighted by atomic mass is 9.98. The Morgan fingerprint density at radius 3 is 2.52 bits per heavy atom. The summed E-state index contributed by atoms with van der Waals surface area (Å²) in [5, 5.41) is 13.1. The number of rotatable bonds is 8. The van der Waals surface area contributed by atoms with Gasteiger partial charge < -0.3 is 40.5 Å². The standard InChI is InChI=1S/C12H21FN5O12P3/c1-5-7-9(17-11(14)16-5)18(4-15-7)10-12(2,13)8(19)6(28-10)3-27-32(23,24)30-33(25,26)29-31(20,21)22/h4-6,8,10,19H,3H2,1-2H3,(H,23,24)(H,25,26)(H3,14,16,17)(H2,20,21,22)/t5?,6?,8-,10-,12-/m1/s1. The van der Waals surface area contributed by atoms with E-state index in [-0.39, 0.29) is 11.8 Å². The van der Waals surface area contributed by atoms with E-state index in [1.807, 2.05) is 0 Å². The second-order valence-corrected chi connectivity index (χ2v) is 11.6. The van der Waals surface area contributed by atoms with E-state index in [0.717, 1.165) is 6.92 Å². The first-order valence-electron chi connectivity index (χ1n) is 8.90. The van der Waals surface area contributed by atoms with Gasteiger partial charge in [0, 0.05) is 0 Å². The first kappa shape index (κ1) is 26.3. The van der Waals surface area contributed by atoms with Crippen molar-refractivity contribution in [1.29, 1.82) is 0 Å². The van der Waals surface area contributed by atoms with Gasteiger partial charge in [0.1, 0.15) is 23.7 Å². The van der Waals surface area contributed by atoms with E-state index >= 15 is 4.39 Å². The minimum absolute atomic E-state index is 0.0278. The number of anilines is 1. The van der Waals surface area contributed by atoms with Crippen LogP contribution in [0.25, 0.3) is 0 Å². The molecule has 1 fully saturated rings. The normalized spacial score (nSPS) is 33.5. The number of guanidine groups is 1. The highest BCUT2D eigenvalue weighted by molar-refractivity contribution is 7.66. The van der Waals surface area contributed by atoms with Crippen molar-refractivity contribution in [2.45, 2.75) is 44.0 Å². The predicted molar refractivity (Wildman–Crippen MR) is 105 cm³/mol. The molecule has 0 radical (unpaired) electrons. The van der Waals surface area contributed by atoms with Gasteiger partial charge in [0.2, 0.25) is 0 Å². The number of nitrogens with zero attached hydrogens (tertiary/aromatic N) is 3. The van der Waals surface area contributed by atoms with Crippen molar-refractivity contribution in [2.24, 2.45) is 10.7 Å². The maximum atomic E-state index is 15.4. The van der Waals surface area contributed by atoms with Crippen LogP contribution in [0.1, 0.15) is 31.8 Å². The van der Waals surface area contributed by atoms with Crippen LogP contribution in [-0.2, 0) is 31.6 Å². The first-order chi connectivity index (χ1) is 14.9. The first-order valence-corrected chi connectivity index (χ1v) is 13.4. The largest absolute Gasteiger partial charge is 0.490 e. The Balaban J connectivity index is 1.73. The highest BCUT2D eigenvalue weighted by Crippen LogP contribution is 2.66. The fourth-order valence-electron chi connectivity index (χ4n) is 3.23. The van der Waals surface area contributed by atoms with Crippen LogP contribution >= 0.6 is 23.5 Å². The SMILES string of the molecule is CC1N=C(N)Nc2c1ncn2[C@@H]1OC(COP(=O)(O)OP(=O)(O)OP(=O)(O)O)[C@@H](O)[C@@]1(C)F. The third-order valence-electron chi connectivity index (χ3n) is 4.58. The number of hydrogen-bond acceptors (Lipinski definition) is 12. The number of fused-ring (bicyclic) bond motifs is 1. The minimum atomic E-state index is -5.74. The van der Waals surface area contributed by atoms with E-state index in [1.54, 1.807) is 6.92 Å². The molecule has 188 valence electrons. The highest BCUT2D eigenvalue weighted by Gasteiger charge is 2.56. The molecule has 21 heteroatoms. The van der Waals surface area contributed by atoms with E-state index in [9.17, 15) is 23.7 Å². The third-order valence-corrected chi connectivity index (χ3v) is 8.39. The molecule has 1 saturated heterocycles. The summed E-state index contributed by atoms with van der Waals surface area (Å²) in [7, 11) is -16.8. The zero-order chi connectivity index (χ0) is 25.0. The molecule has 3 heterocycles. The van der Waals surface area contributed by atoms with Gasteiger partial charge in [-0.05, 0) is 13.8 Å². The summed E-state index contributed by atoms with van der Waals surface area (Å²) in [6.45, 7) is 1.64. The van der Waals surface area contributed by atoms with Crippen molar-refractivity contribution in [1.82, 2.24) is 9.55 Å². The number of ether oxygens (including phenoxy) is 1. The van der Waals surface area contributed by atoms with Crippen molar-refractivity contribution in [2.75, 3.05) is 11.9 Å². The van der Waals surface area contributed by atoms with Gasteiger partial charge >= 0.3 is 23.5 Å². The molecule has 4 unspecified atom stereocenters. The lowest BCUT2D eigenvalue weighted by Gasteiger charge is -2.27. The summed E-state index contributed by atoms with van der Waals surface area (Å²) in [6.07, 6.45) is -3.84. The zero-order valence-corrected chi connectivity index (χ0v) is 19.5. The average Bonchev–Trinajstić information content (AvgIpc) is 3.10. The number of hydrogen-bond donors (Lipinski definition) is 7. The Bertz CT molecular complexity index is 1090. The van der Waals surface area contributed by atoms with Crippen LogP contribution in [0.5, 0.6) is 0 Å². The Kier molecular flexibility index (Phi) is 6.99. The molecule has 0 bridgehead atoms. The van der Waals surface area contributed by atoms with Crippen LogP contribution in [0, 0.1) is 0 Å². The van der Waals surface area contributed by atoms with Crippen LogP contribution in [0.4, 0.5) is 10.2 Å². The van der Waals surface area contributed by atoms with Gasteiger partial charge in [0.05, 0.1) is 19.0 Å². The Labute approximate surface area is 184 Å². The molecule has 33 heavy (non-hydrogen) atoms. The molecule has 2 aliphatic heterocycles. The quantitative estimate of drug-likeness (QED) is 0.215. The molecule has 1 aromatic rings. The molecular formula is C12H21FN5O12P3. The number of phosphoric acid groups is 3. The number of alkyl halides is 1. The molecule has 2 aliphatic rings. The number of aliphatic imine (C=N–C) groups is 1. The third kappa shape index (κ3) is 5.88. The lowest BCUT2D eigenvalue weighted by Crippen LogP contribution is -2.41. The molecule has 0 saturated carbocycles. The van der Waals surface area contributed by atoms with Crippen LogP contribution in [-0.4, -0.2) is 64.7 Å². The highest BCUT2D eigenvalue weighted by atomic mass is 31.3. The average molecular weight is 539 g/mol. The monoisotopic (exact) mass is 539 g/mol. The van der Waals surface area contributed by atoms with E-state index in [4.69, 9.17) is 25.2 Å². The maximum absolute atomic E-state index is 15.4. The van der Waals surface area contributed by atoms with Gasteiger partial charge in [-0.1, -0.05) is 0 Å². The minimum Gasteiger partial charge on any atom is -0.387 e. The number of phosphoric ester groups is 1. The van der Waals surface area contributed by atoms with Crippen LogP contribution in [0.15, 0.2) is 11.3 Å². The van der Waals surface area contributed by atoms with Gasteiger partial charge in [-0.25, -0.2) is 28.1 Å². The fourth-order valence-corrected chi connectivity index (χ4v) is 6.26. The molecule has 0 aromatic carbocycles. The summed E-state index contributed by atoms with van der Waals surface area (Å²) < 4.78 is 67.6. The number of nitrogens with two attached hydrogens (primary N) is 1. The number of aliphatic hydroxyl groups is 1. The predicted octanol–water partition coefficient (Wildman–Crippen LogP) is 0.0141. The Hall–Kier alpha value is -1.26. The maximum Gasteiger partial charge on any atom is 0.490 e. The molecule has 1 aromatic heterocycles. The van der Waals surface area contributed by atoms with Crippen LogP contribution < -0.4 is 11.1 Å². The molecule has 0 spiro atoms. The number of aromatic nitrogens is 2. The van der Waals surface area contributed by atoms with Crippen molar-refractivity contribution < 1.29 is 60.6 Å². The van der Waals surface area contributed by atoms with Crippen LogP contribution in [0.3, 0.4) is 0 Å². The summed E-state index contributed by atoms with van der Waals surface area (Å²) in [4.78, 5) is 44.0. The van der Waals surface area contributed by atoms with Gasteiger partial charge in [-0.3, -0.25) is 9.09 Å². The fraction of sp³-hybridized carbons (Fsp3) is 0.667. The summed E-state index contributed by atoms with van der Waals surface area (Å²) in [6, 6.07) is -0.458. The topological polar surface area (TPSA) is 258 Å². The summed E-state index contributed by atoms with van der Waals surface area (Å²) >= 11 is 0. The Morgan fingerprint density at radius 1 is 1.27 bits per heavy atom. The second kappa shape index (κ2) is 8.75. The van der Waals surface area contributed by atoms with Gasteiger partial charge in [-0.15, -0.1) is 0 Å². The Morgan fingerprint density at radius 2 is 1.91 bits per heavy atom. The van der Waals surface area contributed by atoms with E-state index in [0.29, 0.717) is 5.69 Å². The molecule has 3 rings (SSSR count). The van der Waals surface area contributed by atoms with Gasteiger partial charge in [0.15, 0.2) is 17.9 Å². The number of nitrogens with one attached hydrogen (secondary N) is 1. The molecule has 0 amide bonds. The zero-order valence-electron chi connectivity index (χ0n) is 16.8. The van der Waals surface area contributed by atoms with Crippen molar-refractivity contribution in [3.8, 4) is 0 Å². The van der Waals surface area contributed by atoms with Crippen molar-refractivity contribution >= 4 is 35.2 Å².